The maximum atomic E-state index is 12.0. The summed E-state index contributed by atoms with van der Waals surface area (Å²) in [5.74, 6) is 0.119. The third kappa shape index (κ3) is 1.97. The normalized spacial score (nSPS) is 20.1. The number of Topliss-reactive ketones (excluding diaryl/α,β-unsaturated/α-hetero) is 1. The average molecular weight is 203 g/mol. The molecule has 1 aromatic carbocycles. The minimum Gasteiger partial charge on any atom is -0.316 e. The van der Waals surface area contributed by atoms with Crippen LogP contribution in [0.4, 0.5) is 0 Å². The van der Waals surface area contributed by atoms with Crippen LogP contribution in [0.5, 0.6) is 0 Å². The van der Waals surface area contributed by atoms with Crippen molar-refractivity contribution in [1.82, 2.24) is 5.32 Å². The number of hydrogen-bond acceptors (Lipinski definition) is 3. The molecule has 2 rings (SSSR count). The van der Waals surface area contributed by atoms with Gasteiger partial charge in [0.15, 0.2) is 12.1 Å². The summed E-state index contributed by atoms with van der Waals surface area (Å²) in [6.45, 7) is 1.62. The number of ketones is 1. The van der Waals surface area contributed by atoms with Crippen molar-refractivity contribution < 1.29 is 9.59 Å². The van der Waals surface area contributed by atoms with Gasteiger partial charge in [-0.05, 0) is 13.0 Å². The summed E-state index contributed by atoms with van der Waals surface area (Å²) in [5, 5.41) is 3.15. The summed E-state index contributed by atoms with van der Waals surface area (Å²) < 4.78 is 0. The zero-order valence-electron chi connectivity index (χ0n) is 8.40. The van der Waals surface area contributed by atoms with E-state index in [0.29, 0.717) is 11.1 Å². The van der Waals surface area contributed by atoms with Gasteiger partial charge < -0.3 is 5.32 Å². The van der Waals surface area contributed by atoms with Gasteiger partial charge in [-0.3, -0.25) is 9.59 Å². The fourth-order valence-electron chi connectivity index (χ4n) is 1.92. The molecule has 1 aromatic rings. The van der Waals surface area contributed by atoms with Gasteiger partial charge >= 0.3 is 0 Å². The van der Waals surface area contributed by atoms with Gasteiger partial charge in [0.1, 0.15) is 0 Å². The van der Waals surface area contributed by atoms with Gasteiger partial charge in [-0.25, -0.2) is 0 Å². The van der Waals surface area contributed by atoms with Crippen LogP contribution in [0.1, 0.15) is 27.1 Å². The molecule has 0 bridgehead atoms. The predicted molar refractivity (Wildman–Crippen MR) is 57.1 cm³/mol. The molecule has 1 aliphatic heterocycles. The Morgan fingerprint density at radius 1 is 1.40 bits per heavy atom. The van der Waals surface area contributed by atoms with Crippen LogP contribution in [0.25, 0.3) is 0 Å². The Morgan fingerprint density at radius 2 is 2.20 bits per heavy atom. The molecule has 1 fully saturated rings. The standard InChI is InChI=1S/C12H13NO2/c14-8-10-3-1-2-4-11(10)12(15)9-5-6-13-7-9/h1-4,8-9,13H,5-7H2. The first kappa shape index (κ1) is 10.1. The zero-order valence-corrected chi connectivity index (χ0v) is 8.40. The second-order valence-corrected chi connectivity index (χ2v) is 3.76. The highest BCUT2D eigenvalue weighted by Crippen LogP contribution is 2.17. The van der Waals surface area contributed by atoms with Crippen molar-refractivity contribution >= 4 is 12.1 Å². The molecule has 3 heteroatoms. The van der Waals surface area contributed by atoms with Crippen molar-refractivity contribution in [2.45, 2.75) is 6.42 Å². The molecule has 15 heavy (non-hydrogen) atoms. The first-order chi connectivity index (χ1) is 7.33. The lowest BCUT2D eigenvalue weighted by atomic mass is 9.94. The summed E-state index contributed by atoms with van der Waals surface area (Å²) in [5.41, 5.74) is 1.05. The Morgan fingerprint density at radius 3 is 2.87 bits per heavy atom. The van der Waals surface area contributed by atoms with Crippen LogP contribution < -0.4 is 5.32 Å². The highest BCUT2D eigenvalue weighted by molar-refractivity contribution is 6.04. The van der Waals surface area contributed by atoms with Crippen molar-refractivity contribution in [2.24, 2.45) is 5.92 Å². The number of aldehydes is 1. The minimum atomic E-state index is 0.0334. The monoisotopic (exact) mass is 203 g/mol. The SMILES string of the molecule is O=Cc1ccccc1C(=O)C1CCNC1. The number of carbonyl (C=O) groups is 2. The van der Waals surface area contributed by atoms with Crippen LogP contribution in [-0.2, 0) is 0 Å². The van der Waals surface area contributed by atoms with Gasteiger partial charge in [-0.15, -0.1) is 0 Å². The number of nitrogens with one attached hydrogen (secondary N) is 1. The first-order valence-electron chi connectivity index (χ1n) is 5.12. The van der Waals surface area contributed by atoms with E-state index in [1.807, 2.05) is 0 Å². The van der Waals surface area contributed by atoms with Crippen molar-refractivity contribution in [1.29, 1.82) is 0 Å². The van der Waals surface area contributed by atoms with Crippen LogP contribution in [0, 0.1) is 5.92 Å². The molecule has 0 amide bonds. The third-order valence-corrected chi connectivity index (χ3v) is 2.78. The molecule has 1 heterocycles. The lowest BCUT2D eigenvalue weighted by Gasteiger charge is -2.08. The molecule has 78 valence electrons. The Kier molecular flexibility index (Phi) is 2.92. The average Bonchev–Trinajstić information content (AvgIpc) is 2.81. The summed E-state index contributed by atoms with van der Waals surface area (Å²) in [4.78, 5) is 22.8. The maximum absolute atomic E-state index is 12.0. The molecule has 0 radical (unpaired) electrons. The van der Waals surface area contributed by atoms with Gasteiger partial charge in [0.25, 0.3) is 0 Å². The highest BCUT2D eigenvalue weighted by Gasteiger charge is 2.24. The maximum Gasteiger partial charge on any atom is 0.167 e. The van der Waals surface area contributed by atoms with Crippen LogP contribution >= 0.6 is 0 Å². The van der Waals surface area contributed by atoms with Gasteiger partial charge in [0, 0.05) is 23.6 Å². The molecule has 1 atom stereocenters. The number of carbonyl (C=O) groups excluding carboxylic acids is 2. The Bertz CT molecular complexity index is 381. The minimum absolute atomic E-state index is 0.0334. The van der Waals surface area contributed by atoms with Crippen molar-refractivity contribution in [2.75, 3.05) is 13.1 Å². The molecule has 0 spiro atoms. The van der Waals surface area contributed by atoms with E-state index in [1.54, 1.807) is 24.3 Å². The Balaban J connectivity index is 2.27. The fraction of sp³-hybridized carbons (Fsp3) is 0.333. The number of hydrogen-bond donors (Lipinski definition) is 1. The van der Waals surface area contributed by atoms with Crippen molar-refractivity contribution in [3.63, 3.8) is 0 Å². The van der Waals surface area contributed by atoms with Gasteiger partial charge in [-0.1, -0.05) is 24.3 Å². The number of benzene rings is 1. The highest BCUT2D eigenvalue weighted by atomic mass is 16.1. The first-order valence-corrected chi connectivity index (χ1v) is 5.12. The molecule has 3 nitrogen and oxygen atoms in total. The van der Waals surface area contributed by atoms with Crippen LogP contribution in [-0.4, -0.2) is 25.2 Å². The molecular formula is C12H13NO2. The molecule has 1 aliphatic rings. The van der Waals surface area contributed by atoms with E-state index in [-0.39, 0.29) is 11.7 Å². The largest absolute Gasteiger partial charge is 0.316 e. The lowest BCUT2D eigenvalue weighted by molar-refractivity contribution is 0.0925. The van der Waals surface area contributed by atoms with Gasteiger partial charge in [0.2, 0.25) is 0 Å². The van der Waals surface area contributed by atoms with Crippen molar-refractivity contribution in [3.8, 4) is 0 Å². The molecule has 0 aliphatic carbocycles. The smallest absolute Gasteiger partial charge is 0.167 e. The molecule has 1 N–H and O–H groups in total. The van der Waals surface area contributed by atoms with E-state index in [0.717, 1.165) is 25.8 Å². The van der Waals surface area contributed by atoms with Gasteiger partial charge in [0.05, 0.1) is 0 Å². The topological polar surface area (TPSA) is 46.2 Å². The lowest BCUT2D eigenvalue weighted by Crippen LogP contribution is -2.19. The number of rotatable bonds is 3. The molecule has 1 unspecified atom stereocenters. The van der Waals surface area contributed by atoms with E-state index < -0.39 is 0 Å². The van der Waals surface area contributed by atoms with E-state index in [2.05, 4.69) is 5.32 Å². The van der Waals surface area contributed by atoms with Crippen molar-refractivity contribution in [3.05, 3.63) is 35.4 Å². The van der Waals surface area contributed by atoms with E-state index in [9.17, 15) is 9.59 Å². The summed E-state index contributed by atoms with van der Waals surface area (Å²) in [7, 11) is 0. The van der Waals surface area contributed by atoms with Gasteiger partial charge in [-0.2, -0.15) is 0 Å². The van der Waals surface area contributed by atoms with Crippen LogP contribution in [0.3, 0.4) is 0 Å². The summed E-state index contributed by atoms with van der Waals surface area (Å²) >= 11 is 0. The molecule has 0 saturated carbocycles. The second kappa shape index (κ2) is 4.36. The zero-order chi connectivity index (χ0) is 10.7. The van der Waals surface area contributed by atoms with Crippen LogP contribution in [0.2, 0.25) is 0 Å². The Hall–Kier alpha value is -1.48. The van der Waals surface area contributed by atoms with E-state index in [4.69, 9.17) is 0 Å². The van der Waals surface area contributed by atoms with Crippen LogP contribution in [0.15, 0.2) is 24.3 Å². The predicted octanol–water partition coefficient (Wildman–Crippen LogP) is 1.29. The Labute approximate surface area is 88.5 Å². The quantitative estimate of drug-likeness (QED) is 0.594. The summed E-state index contributed by atoms with van der Waals surface area (Å²) in [6.07, 6.45) is 1.61. The van der Waals surface area contributed by atoms with E-state index >= 15 is 0 Å². The second-order valence-electron chi connectivity index (χ2n) is 3.76. The molecule has 0 aromatic heterocycles. The van der Waals surface area contributed by atoms with E-state index in [1.165, 1.54) is 0 Å². The molecular weight excluding hydrogens is 190 g/mol. The third-order valence-electron chi connectivity index (χ3n) is 2.78. The molecule has 1 saturated heterocycles. The fourth-order valence-corrected chi connectivity index (χ4v) is 1.92. The summed E-state index contributed by atoms with van der Waals surface area (Å²) in [6, 6.07) is 6.98.